The van der Waals surface area contributed by atoms with E-state index in [1.54, 1.807) is 13.0 Å². The maximum absolute atomic E-state index is 13.9. The number of sulfonamides is 2. The molecule has 0 atom stereocenters. The van der Waals surface area contributed by atoms with E-state index in [1.165, 1.54) is 77.1 Å². The molecule has 426 valence electrons. The van der Waals surface area contributed by atoms with Gasteiger partial charge in [0.25, 0.3) is 40.3 Å². The monoisotopic (exact) mass is 1200 g/mol. The van der Waals surface area contributed by atoms with Gasteiger partial charge >= 0.3 is 23.9 Å². The second-order valence-electron chi connectivity index (χ2n) is 18.6. The van der Waals surface area contributed by atoms with Crippen molar-refractivity contribution < 1.29 is 97.0 Å². The lowest BCUT2D eigenvalue weighted by atomic mass is 9.93. The second-order valence-corrected chi connectivity index (χ2v) is 24.7. The van der Waals surface area contributed by atoms with Gasteiger partial charge in [0, 0.05) is 45.6 Å². The molecule has 1 aliphatic heterocycles. The number of aryl methyl sites for hydroxylation is 4. The fourth-order valence-electron chi connectivity index (χ4n) is 9.35. The summed E-state index contributed by atoms with van der Waals surface area (Å²) in [4.78, 5) is 48.4. The number of anilines is 4. The number of benzene rings is 7. The average Bonchev–Trinajstić information content (AvgIpc) is 1.35. The van der Waals surface area contributed by atoms with Gasteiger partial charge in [-0.05, 0) is 123 Å². The average molecular weight is 1200 g/mol. The van der Waals surface area contributed by atoms with Crippen LogP contribution in [0.25, 0.3) is 33.4 Å². The second kappa shape index (κ2) is 20.9. The van der Waals surface area contributed by atoms with Crippen molar-refractivity contribution in [3.8, 4) is 33.9 Å². The van der Waals surface area contributed by atoms with Crippen LogP contribution in [-0.2, 0) is 40.3 Å². The van der Waals surface area contributed by atoms with Crippen LogP contribution in [0.15, 0.2) is 120 Å². The summed E-state index contributed by atoms with van der Waals surface area (Å²) in [7, 11) is -20.3. The molecule has 6 aromatic carbocycles. The van der Waals surface area contributed by atoms with E-state index in [4.69, 9.17) is 4.42 Å². The fraction of sp³-hybridized carbons (Fsp3) is 0.113. The molecule has 11 N–H and O–H groups in total. The van der Waals surface area contributed by atoms with Crippen LogP contribution in [0.4, 0.5) is 28.4 Å². The predicted molar refractivity (Wildman–Crippen MR) is 293 cm³/mol. The minimum atomic E-state index is -5.32. The van der Waals surface area contributed by atoms with Gasteiger partial charge in [0.2, 0.25) is 0 Å². The minimum absolute atomic E-state index is 0.0146. The molecule has 0 bridgehead atoms. The molecule has 82 heavy (non-hydrogen) atoms. The zero-order chi connectivity index (χ0) is 60.6. The number of carboxylic acids is 4. The van der Waals surface area contributed by atoms with Crippen LogP contribution in [0.2, 0.25) is 0 Å². The van der Waals surface area contributed by atoms with Crippen LogP contribution >= 0.6 is 0 Å². The first-order valence-electron chi connectivity index (χ1n) is 23.4. The number of rotatable bonds is 16. The highest BCUT2D eigenvalue weighted by molar-refractivity contribution is 7.93. The first-order valence-corrected chi connectivity index (χ1v) is 29.2. The van der Waals surface area contributed by atoms with Gasteiger partial charge in [0.15, 0.2) is 11.5 Å². The first-order chi connectivity index (χ1) is 38.0. The summed E-state index contributed by atoms with van der Waals surface area (Å²) in [5.41, 5.74) is -2.42. The zero-order valence-electron chi connectivity index (χ0n) is 43.1. The summed E-state index contributed by atoms with van der Waals surface area (Å²) < 4.78 is 141. The third-order valence-electron chi connectivity index (χ3n) is 13.1. The minimum Gasteiger partial charge on any atom is -0.506 e. The van der Waals surface area contributed by atoms with Gasteiger partial charge < -0.3 is 40.4 Å². The van der Waals surface area contributed by atoms with Crippen molar-refractivity contribution in [2.24, 2.45) is 4.99 Å². The third-order valence-corrected chi connectivity index (χ3v) is 17.6. The van der Waals surface area contributed by atoms with Crippen LogP contribution < -0.4 is 20.1 Å². The van der Waals surface area contributed by atoms with Crippen molar-refractivity contribution in [3.05, 3.63) is 152 Å². The molecule has 0 saturated heterocycles. The molecule has 0 spiro atoms. The molecule has 25 nitrogen and oxygen atoms in total. The fourth-order valence-corrected chi connectivity index (χ4v) is 13.4. The lowest BCUT2D eigenvalue weighted by Gasteiger charge is -2.21. The quantitative estimate of drug-likeness (QED) is 0.0320. The lowest BCUT2D eigenvalue weighted by Crippen LogP contribution is -2.18. The highest BCUT2D eigenvalue weighted by atomic mass is 32.2. The number of fused-ring (bicyclic) bond motifs is 2. The van der Waals surface area contributed by atoms with Gasteiger partial charge in [0.05, 0.1) is 33.5 Å². The largest absolute Gasteiger partial charge is 0.506 e. The summed E-state index contributed by atoms with van der Waals surface area (Å²) in [5, 5.41) is 62.7. The first kappa shape index (κ1) is 58.8. The molecular formula is C53H44N4O21S4. The van der Waals surface area contributed by atoms with Crippen molar-refractivity contribution in [2.75, 3.05) is 14.8 Å². The van der Waals surface area contributed by atoms with Crippen molar-refractivity contribution in [1.82, 2.24) is 0 Å². The molecule has 1 aliphatic carbocycles. The summed E-state index contributed by atoms with van der Waals surface area (Å²) in [6.07, 6.45) is 0. The van der Waals surface area contributed by atoms with Gasteiger partial charge in [-0.25, -0.2) is 41.0 Å². The molecule has 0 amide bonds. The van der Waals surface area contributed by atoms with Crippen molar-refractivity contribution >= 4 is 104 Å². The molecule has 6 aromatic rings. The van der Waals surface area contributed by atoms with Crippen molar-refractivity contribution in [1.29, 1.82) is 0 Å². The van der Waals surface area contributed by atoms with Gasteiger partial charge in [-0.3, -0.25) is 18.5 Å². The Morgan fingerprint density at radius 1 is 0.500 bits per heavy atom. The lowest BCUT2D eigenvalue weighted by molar-refractivity contribution is 0.0672. The number of aromatic hydroxyl groups is 2. The van der Waals surface area contributed by atoms with Crippen molar-refractivity contribution in [3.63, 3.8) is 0 Å². The number of hydrogen-bond donors (Lipinski definition) is 11. The van der Waals surface area contributed by atoms with E-state index in [2.05, 4.69) is 19.8 Å². The number of carbonyl (C=O) groups is 4. The van der Waals surface area contributed by atoms with E-state index >= 15 is 0 Å². The Bertz CT molecular complexity index is 4690. The van der Waals surface area contributed by atoms with Crippen LogP contribution in [-0.4, -0.2) is 97.3 Å². The standard InChI is InChI=1S/C53H44N4O21S4/c1-22-13-24(3)46(56-79(68,69)41-17-28(50(60)61)15-34(48(41)58)52(64)65)26(5)44(22)54-30-11-12-31-37(19-30)78-38-21-36(40(82(75,76)77)20-33(38)43(31)32-9-7-8-10-39(32)81(72,73)74)55-45-23(2)14-25(4)47(27(45)6)57-80(70,71)42-18-29(51(62)63)16-35(49(42)59)53(66)67/h7-21,54,56-59H,1-6H3,(H,60,61)(H,62,63)(H,64,65)(H,66,67)(H,72,73,74)(H,75,76,77). The Labute approximate surface area is 465 Å². The molecule has 2 aliphatic rings. The SMILES string of the molecule is Cc1cc(C)c(NS(=O)(=O)c2cc(C(=O)O)cc(C(=O)O)c2O)c(C)c1N=c1cc2oc3cc(Nc4c(C)cc(C)c(NS(=O)(=O)c5cc(C(=O)O)cc(C(=O)O)c5O)c4C)ccc3c(-c3ccccc3S(=O)(=O)O)c-2cc1S(=O)(=O)O. The topological polar surface area (TPSA) is 428 Å². The maximum atomic E-state index is 13.9. The number of nitrogens with one attached hydrogen (secondary N) is 3. The van der Waals surface area contributed by atoms with E-state index in [1.807, 2.05) is 0 Å². The van der Waals surface area contributed by atoms with Crippen molar-refractivity contribution in [2.45, 2.75) is 61.1 Å². The highest BCUT2D eigenvalue weighted by Gasteiger charge is 2.32. The normalized spacial score (nSPS) is 12.4. The number of phenols is 2. The zero-order valence-corrected chi connectivity index (χ0v) is 46.4. The summed E-state index contributed by atoms with van der Waals surface area (Å²) in [6.45, 7) is 9.04. The van der Waals surface area contributed by atoms with E-state index in [-0.39, 0.29) is 84.1 Å². The van der Waals surface area contributed by atoms with Crippen LogP contribution in [0.1, 0.15) is 74.8 Å². The summed E-state index contributed by atoms with van der Waals surface area (Å²) in [5.74, 6) is -9.80. The Morgan fingerprint density at radius 2 is 0.988 bits per heavy atom. The Kier molecular flexibility index (Phi) is 15.0. The molecular weight excluding hydrogens is 1160 g/mol. The number of aromatic carboxylic acids is 4. The molecule has 0 aromatic heterocycles. The third kappa shape index (κ3) is 11.0. The molecule has 0 unspecified atom stereocenters. The molecule has 1 heterocycles. The van der Waals surface area contributed by atoms with E-state index < -0.39 is 123 Å². The molecule has 0 fully saturated rings. The summed E-state index contributed by atoms with van der Waals surface area (Å²) >= 11 is 0. The van der Waals surface area contributed by atoms with Gasteiger partial charge in [-0.1, -0.05) is 30.3 Å². The number of hydrogen-bond acceptors (Lipinski definition) is 17. The Hall–Kier alpha value is -9.39. The van der Waals surface area contributed by atoms with Crippen LogP contribution in [0.5, 0.6) is 11.5 Å². The number of nitrogens with zero attached hydrogens (tertiary/aromatic N) is 1. The van der Waals surface area contributed by atoms with Gasteiger partial charge in [-0.15, -0.1) is 0 Å². The molecule has 8 rings (SSSR count). The predicted octanol–water partition coefficient (Wildman–Crippen LogP) is 8.33. The smallest absolute Gasteiger partial charge is 0.339 e. The van der Waals surface area contributed by atoms with Gasteiger partial charge in [0.1, 0.15) is 42.1 Å². The Morgan fingerprint density at radius 3 is 1.49 bits per heavy atom. The Balaban J connectivity index is 1.33. The number of carboxylic acid groups (broad SMARTS) is 4. The maximum Gasteiger partial charge on any atom is 0.339 e. The van der Waals surface area contributed by atoms with E-state index in [9.17, 15) is 92.6 Å². The molecule has 29 heteroatoms. The van der Waals surface area contributed by atoms with Crippen LogP contribution in [0.3, 0.4) is 0 Å². The molecule has 0 radical (unpaired) electrons. The molecule has 0 saturated carbocycles. The van der Waals surface area contributed by atoms with E-state index in [0.717, 1.165) is 18.2 Å². The van der Waals surface area contributed by atoms with Crippen LogP contribution in [0, 0.1) is 41.5 Å². The highest BCUT2D eigenvalue weighted by Crippen LogP contribution is 2.45. The van der Waals surface area contributed by atoms with E-state index in [0.29, 0.717) is 35.4 Å². The van der Waals surface area contributed by atoms with Gasteiger partial charge in [-0.2, -0.15) is 16.8 Å². The summed E-state index contributed by atoms with van der Waals surface area (Å²) in [6, 6.07) is 16.7.